The summed E-state index contributed by atoms with van der Waals surface area (Å²) in [4.78, 5) is 16.4. The normalized spacial score (nSPS) is 10.3. The molecule has 136 valence electrons. The number of nitrogens with zero attached hydrogens (tertiary/aromatic N) is 1. The van der Waals surface area contributed by atoms with Gasteiger partial charge in [0.15, 0.2) is 5.11 Å². The topological polar surface area (TPSA) is 54.0 Å². The molecule has 4 nitrogen and oxygen atoms in total. The quantitative estimate of drug-likeness (QED) is 0.663. The monoisotopic (exact) mass is 375 g/mol. The summed E-state index contributed by atoms with van der Waals surface area (Å²) < 4.78 is 0. The van der Waals surface area contributed by atoms with Gasteiger partial charge in [0, 0.05) is 23.6 Å². The predicted molar refractivity (Wildman–Crippen MR) is 113 cm³/mol. The van der Waals surface area contributed by atoms with Crippen LogP contribution in [-0.2, 0) is 6.42 Å². The van der Waals surface area contributed by atoms with E-state index < -0.39 is 0 Å². The Balaban J connectivity index is 1.58. The van der Waals surface area contributed by atoms with Crippen LogP contribution in [0, 0.1) is 13.8 Å². The van der Waals surface area contributed by atoms with Crippen LogP contribution in [0.1, 0.15) is 32.6 Å². The van der Waals surface area contributed by atoms with Crippen LogP contribution in [0.2, 0.25) is 0 Å². The molecule has 5 heteroatoms. The maximum atomic E-state index is 12.4. The molecule has 0 unspecified atom stereocenters. The molecule has 0 bridgehead atoms. The van der Waals surface area contributed by atoms with Crippen LogP contribution in [0.15, 0.2) is 67.0 Å². The summed E-state index contributed by atoms with van der Waals surface area (Å²) in [5, 5.41) is 6.07. The lowest BCUT2D eigenvalue weighted by molar-refractivity contribution is 0.0977. The highest BCUT2D eigenvalue weighted by atomic mass is 32.1. The summed E-state index contributed by atoms with van der Waals surface area (Å²) in [5.74, 6) is -0.209. The second-order valence-corrected chi connectivity index (χ2v) is 6.86. The molecule has 0 aliphatic carbocycles. The number of carbonyl (C=O) groups excluding carboxylic acids is 1. The zero-order chi connectivity index (χ0) is 19.2. The van der Waals surface area contributed by atoms with Crippen molar-refractivity contribution >= 4 is 28.9 Å². The number of anilines is 1. The number of hydrogen-bond donors (Lipinski definition) is 2. The summed E-state index contributed by atoms with van der Waals surface area (Å²) in [6.07, 6.45) is 4.43. The van der Waals surface area contributed by atoms with Gasteiger partial charge >= 0.3 is 0 Å². The molecule has 2 aromatic carbocycles. The lowest BCUT2D eigenvalue weighted by atomic mass is 10.1. The highest BCUT2D eigenvalue weighted by Gasteiger charge is 2.10. The Bertz CT molecular complexity index is 953. The van der Waals surface area contributed by atoms with Crippen LogP contribution in [0.25, 0.3) is 0 Å². The van der Waals surface area contributed by atoms with Gasteiger partial charge < -0.3 is 5.32 Å². The largest absolute Gasteiger partial charge is 0.332 e. The fourth-order valence-corrected chi connectivity index (χ4v) is 3.05. The molecule has 27 heavy (non-hydrogen) atoms. The predicted octanol–water partition coefficient (Wildman–Crippen LogP) is 4.42. The molecular weight excluding hydrogens is 354 g/mol. The lowest BCUT2D eigenvalue weighted by Crippen LogP contribution is -2.34. The summed E-state index contributed by atoms with van der Waals surface area (Å²) >= 11 is 5.27. The summed E-state index contributed by atoms with van der Waals surface area (Å²) in [6.45, 7) is 3.92. The van der Waals surface area contributed by atoms with Crippen molar-refractivity contribution in [1.82, 2.24) is 10.3 Å². The van der Waals surface area contributed by atoms with Crippen molar-refractivity contribution in [3.8, 4) is 0 Å². The molecule has 1 aromatic heterocycles. The lowest BCUT2D eigenvalue weighted by Gasteiger charge is -2.12. The van der Waals surface area contributed by atoms with Crippen molar-refractivity contribution < 1.29 is 4.79 Å². The third-order valence-corrected chi connectivity index (χ3v) is 4.43. The number of thiocarbonyl (C=S) groups is 1. The minimum Gasteiger partial charge on any atom is -0.332 e. The molecule has 0 saturated carbocycles. The number of benzene rings is 2. The van der Waals surface area contributed by atoms with Crippen LogP contribution in [-0.4, -0.2) is 16.0 Å². The van der Waals surface area contributed by atoms with Gasteiger partial charge in [0.25, 0.3) is 5.91 Å². The summed E-state index contributed by atoms with van der Waals surface area (Å²) in [6, 6.07) is 17.7. The molecule has 0 spiro atoms. The van der Waals surface area contributed by atoms with Gasteiger partial charge in [-0.15, -0.1) is 0 Å². The van der Waals surface area contributed by atoms with E-state index in [2.05, 4.69) is 15.6 Å². The molecule has 0 fully saturated rings. The number of aromatic nitrogens is 1. The van der Waals surface area contributed by atoms with Crippen LogP contribution in [0.3, 0.4) is 0 Å². The Morgan fingerprint density at radius 2 is 1.63 bits per heavy atom. The van der Waals surface area contributed by atoms with Gasteiger partial charge in [0.1, 0.15) is 0 Å². The van der Waals surface area contributed by atoms with Gasteiger partial charge in [0.05, 0.1) is 0 Å². The molecule has 0 saturated heterocycles. The third-order valence-electron chi connectivity index (χ3n) is 4.22. The SMILES string of the molecule is Cc1ccc(C(=O)NC(=S)Nc2ccc(Cc3ccncc3)cc2)c(C)c1. The van der Waals surface area contributed by atoms with Crippen LogP contribution in [0.4, 0.5) is 5.69 Å². The van der Waals surface area contributed by atoms with Crippen molar-refractivity contribution in [2.45, 2.75) is 20.3 Å². The van der Waals surface area contributed by atoms with E-state index in [0.29, 0.717) is 5.56 Å². The Morgan fingerprint density at radius 1 is 0.963 bits per heavy atom. The fraction of sp³-hybridized carbons (Fsp3) is 0.136. The molecule has 0 aliphatic heterocycles. The number of nitrogens with one attached hydrogen (secondary N) is 2. The van der Waals surface area contributed by atoms with Crippen LogP contribution in [0.5, 0.6) is 0 Å². The maximum Gasteiger partial charge on any atom is 0.257 e. The van der Waals surface area contributed by atoms with Crippen molar-refractivity contribution in [3.63, 3.8) is 0 Å². The highest BCUT2D eigenvalue weighted by Crippen LogP contribution is 2.14. The zero-order valence-electron chi connectivity index (χ0n) is 15.3. The smallest absolute Gasteiger partial charge is 0.257 e. The number of amides is 1. The second-order valence-electron chi connectivity index (χ2n) is 6.46. The molecule has 3 rings (SSSR count). The van der Waals surface area contributed by atoms with Gasteiger partial charge in [-0.3, -0.25) is 15.1 Å². The molecular formula is C22H21N3OS. The van der Waals surface area contributed by atoms with Gasteiger partial charge in [0.2, 0.25) is 0 Å². The molecule has 0 radical (unpaired) electrons. The number of rotatable bonds is 4. The van der Waals surface area contributed by atoms with E-state index in [4.69, 9.17) is 12.2 Å². The molecule has 0 aliphatic rings. The van der Waals surface area contributed by atoms with Crippen molar-refractivity contribution in [3.05, 3.63) is 94.8 Å². The van der Waals surface area contributed by atoms with Crippen LogP contribution < -0.4 is 10.6 Å². The minimum absolute atomic E-state index is 0.209. The van der Waals surface area contributed by atoms with Gasteiger partial charge in [-0.2, -0.15) is 0 Å². The number of carbonyl (C=O) groups is 1. The van der Waals surface area contributed by atoms with Crippen molar-refractivity contribution in [1.29, 1.82) is 0 Å². The van der Waals surface area contributed by atoms with E-state index in [1.54, 1.807) is 12.4 Å². The van der Waals surface area contributed by atoms with E-state index in [1.807, 2.05) is 68.4 Å². The first-order chi connectivity index (χ1) is 13.0. The van der Waals surface area contributed by atoms with Gasteiger partial charge in [-0.05, 0) is 79.5 Å². The first kappa shape index (κ1) is 18.7. The summed E-state index contributed by atoms with van der Waals surface area (Å²) in [5.41, 5.74) is 5.91. The Hall–Kier alpha value is -3.05. The van der Waals surface area contributed by atoms with E-state index in [9.17, 15) is 4.79 Å². The Labute approximate surface area is 164 Å². The Morgan fingerprint density at radius 3 is 2.30 bits per heavy atom. The fourth-order valence-electron chi connectivity index (χ4n) is 2.84. The average molecular weight is 375 g/mol. The molecule has 1 amide bonds. The average Bonchev–Trinajstić information content (AvgIpc) is 2.64. The number of hydrogen-bond acceptors (Lipinski definition) is 3. The van der Waals surface area contributed by atoms with E-state index in [1.165, 1.54) is 11.1 Å². The standard InChI is InChI=1S/C22H21N3OS/c1-15-3-8-20(16(2)13-15)21(26)25-22(27)24-19-6-4-17(5-7-19)14-18-9-11-23-12-10-18/h3-13H,14H2,1-2H3,(H2,24,25,26,27). The molecule has 2 N–H and O–H groups in total. The first-order valence-corrected chi connectivity index (χ1v) is 9.09. The maximum absolute atomic E-state index is 12.4. The van der Waals surface area contributed by atoms with E-state index >= 15 is 0 Å². The highest BCUT2D eigenvalue weighted by molar-refractivity contribution is 7.80. The second kappa shape index (κ2) is 8.56. The minimum atomic E-state index is -0.209. The first-order valence-electron chi connectivity index (χ1n) is 8.69. The summed E-state index contributed by atoms with van der Waals surface area (Å²) in [7, 11) is 0. The van der Waals surface area contributed by atoms with E-state index in [0.717, 1.165) is 23.2 Å². The third kappa shape index (κ3) is 5.21. The molecule has 0 atom stereocenters. The van der Waals surface area contributed by atoms with Gasteiger partial charge in [-0.1, -0.05) is 29.8 Å². The number of aryl methyl sites for hydroxylation is 2. The van der Waals surface area contributed by atoms with Gasteiger partial charge in [-0.25, -0.2) is 0 Å². The van der Waals surface area contributed by atoms with Crippen molar-refractivity contribution in [2.75, 3.05) is 5.32 Å². The molecule has 3 aromatic rings. The van der Waals surface area contributed by atoms with E-state index in [-0.39, 0.29) is 11.0 Å². The zero-order valence-corrected chi connectivity index (χ0v) is 16.1. The van der Waals surface area contributed by atoms with Crippen LogP contribution >= 0.6 is 12.2 Å². The molecule has 1 heterocycles. The Kier molecular flexibility index (Phi) is 5.94. The number of pyridine rings is 1. The van der Waals surface area contributed by atoms with Crippen molar-refractivity contribution in [2.24, 2.45) is 0 Å².